The zero-order chi connectivity index (χ0) is 14.7. The lowest BCUT2D eigenvalue weighted by molar-refractivity contribution is 0.0488. The monoisotopic (exact) mass is 284 g/mol. The summed E-state index contributed by atoms with van der Waals surface area (Å²) in [6, 6.07) is 12.0. The first-order valence-electron chi connectivity index (χ1n) is 8.41. The molecule has 21 heavy (non-hydrogen) atoms. The molecule has 1 aliphatic carbocycles. The topological polar surface area (TPSA) is 15.3 Å². The zero-order valence-corrected chi connectivity index (χ0v) is 13.2. The second kappa shape index (κ2) is 6.33. The normalized spacial score (nSPS) is 26.8. The van der Waals surface area contributed by atoms with Crippen LogP contribution in [0.3, 0.4) is 0 Å². The maximum atomic E-state index is 3.94. The molecule has 1 N–H and O–H groups in total. The summed E-state index contributed by atoms with van der Waals surface area (Å²) < 4.78 is 0. The fourth-order valence-corrected chi connectivity index (χ4v) is 4.16. The summed E-state index contributed by atoms with van der Waals surface area (Å²) in [6.45, 7) is 8.55. The molecule has 2 heteroatoms. The lowest BCUT2D eigenvalue weighted by Crippen LogP contribution is -2.61. The van der Waals surface area contributed by atoms with Crippen LogP contribution in [0.5, 0.6) is 0 Å². The van der Waals surface area contributed by atoms with Crippen molar-refractivity contribution in [3.05, 3.63) is 48.6 Å². The molecule has 2 fully saturated rings. The Kier molecular flexibility index (Phi) is 4.46. The quantitative estimate of drug-likeness (QED) is 0.843. The summed E-state index contributed by atoms with van der Waals surface area (Å²) in [5.41, 5.74) is 1.81. The van der Waals surface area contributed by atoms with Crippen LogP contribution in [0.1, 0.15) is 50.6 Å². The number of piperazine rings is 1. The highest BCUT2D eigenvalue weighted by atomic mass is 15.3. The maximum absolute atomic E-state index is 3.94. The van der Waals surface area contributed by atoms with Crippen molar-refractivity contribution in [2.45, 2.75) is 56.7 Å². The number of benzene rings is 1. The highest BCUT2D eigenvalue weighted by Gasteiger charge is 2.42. The van der Waals surface area contributed by atoms with Gasteiger partial charge in [0.2, 0.25) is 0 Å². The van der Waals surface area contributed by atoms with Gasteiger partial charge in [-0.1, -0.05) is 49.2 Å². The SMILES string of the molecule is C=CCC(C)N1CC2(CCCC2)NCC1c1ccccc1. The second-order valence-electron chi connectivity index (χ2n) is 6.84. The van der Waals surface area contributed by atoms with Crippen LogP contribution in [0.25, 0.3) is 0 Å². The molecule has 1 saturated carbocycles. The summed E-state index contributed by atoms with van der Waals surface area (Å²) in [6.07, 6.45) is 8.58. The molecule has 2 atom stereocenters. The van der Waals surface area contributed by atoms with Crippen molar-refractivity contribution >= 4 is 0 Å². The van der Waals surface area contributed by atoms with E-state index in [9.17, 15) is 0 Å². The molecule has 3 rings (SSSR count). The Labute approximate surface area is 129 Å². The Balaban J connectivity index is 1.83. The van der Waals surface area contributed by atoms with E-state index in [1.807, 2.05) is 0 Å². The van der Waals surface area contributed by atoms with Crippen molar-refractivity contribution in [1.82, 2.24) is 10.2 Å². The lowest BCUT2D eigenvalue weighted by atomic mass is 9.89. The van der Waals surface area contributed by atoms with Crippen LogP contribution in [0, 0.1) is 0 Å². The van der Waals surface area contributed by atoms with Crippen LogP contribution in [0.15, 0.2) is 43.0 Å². The van der Waals surface area contributed by atoms with E-state index in [4.69, 9.17) is 0 Å². The van der Waals surface area contributed by atoms with Crippen LogP contribution in [-0.2, 0) is 0 Å². The predicted molar refractivity (Wildman–Crippen MR) is 89.4 cm³/mol. The van der Waals surface area contributed by atoms with Gasteiger partial charge < -0.3 is 5.32 Å². The molecule has 0 bridgehead atoms. The molecule has 1 aromatic carbocycles. The molecular weight excluding hydrogens is 256 g/mol. The summed E-state index contributed by atoms with van der Waals surface area (Å²) in [7, 11) is 0. The van der Waals surface area contributed by atoms with Gasteiger partial charge in [-0.15, -0.1) is 6.58 Å². The van der Waals surface area contributed by atoms with Crippen LogP contribution in [-0.4, -0.2) is 29.6 Å². The first-order valence-corrected chi connectivity index (χ1v) is 8.41. The highest BCUT2D eigenvalue weighted by Crippen LogP contribution is 2.38. The van der Waals surface area contributed by atoms with Crippen LogP contribution < -0.4 is 5.32 Å². The van der Waals surface area contributed by atoms with Crippen molar-refractivity contribution in [3.8, 4) is 0 Å². The minimum atomic E-state index is 0.376. The van der Waals surface area contributed by atoms with Crippen LogP contribution in [0.2, 0.25) is 0 Å². The third-order valence-corrected chi connectivity index (χ3v) is 5.37. The summed E-state index contributed by atoms with van der Waals surface area (Å²) in [4.78, 5) is 2.72. The van der Waals surface area contributed by atoms with Gasteiger partial charge in [-0.2, -0.15) is 0 Å². The molecule has 1 spiro atoms. The van der Waals surface area contributed by atoms with E-state index >= 15 is 0 Å². The molecule has 1 saturated heterocycles. The standard InChI is InChI=1S/C19H28N2/c1-3-9-16(2)21-15-19(12-7-8-13-19)20-14-18(21)17-10-5-4-6-11-17/h3-6,10-11,16,18,20H,1,7-9,12-15H2,2H3. The number of rotatable bonds is 4. The highest BCUT2D eigenvalue weighted by molar-refractivity contribution is 5.21. The predicted octanol–water partition coefficient (Wildman–Crippen LogP) is 3.91. The molecule has 0 aromatic heterocycles. The molecule has 2 aliphatic rings. The average molecular weight is 284 g/mol. The molecule has 2 unspecified atom stereocenters. The molecule has 2 nitrogen and oxygen atoms in total. The summed E-state index contributed by atoms with van der Waals surface area (Å²) in [5.74, 6) is 0. The average Bonchev–Trinajstić information content (AvgIpc) is 2.96. The Bertz CT molecular complexity index is 462. The third-order valence-electron chi connectivity index (χ3n) is 5.37. The van der Waals surface area contributed by atoms with Gasteiger partial charge in [0.1, 0.15) is 0 Å². The van der Waals surface area contributed by atoms with Gasteiger partial charge in [-0.25, -0.2) is 0 Å². The molecular formula is C19H28N2. The van der Waals surface area contributed by atoms with E-state index in [1.165, 1.54) is 37.8 Å². The summed E-state index contributed by atoms with van der Waals surface area (Å²) in [5, 5.41) is 3.90. The molecule has 1 heterocycles. The summed E-state index contributed by atoms with van der Waals surface area (Å²) >= 11 is 0. The number of nitrogens with one attached hydrogen (secondary N) is 1. The van der Waals surface area contributed by atoms with E-state index in [-0.39, 0.29) is 0 Å². The van der Waals surface area contributed by atoms with Gasteiger partial charge in [0.15, 0.2) is 0 Å². The van der Waals surface area contributed by atoms with E-state index < -0.39 is 0 Å². The van der Waals surface area contributed by atoms with Gasteiger partial charge in [0, 0.05) is 30.7 Å². The first kappa shape index (κ1) is 14.8. The van der Waals surface area contributed by atoms with Gasteiger partial charge in [-0.3, -0.25) is 4.90 Å². The van der Waals surface area contributed by atoms with E-state index in [1.54, 1.807) is 0 Å². The van der Waals surface area contributed by atoms with Crippen LogP contribution >= 0.6 is 0 Å². The van der Waals surface area contributed by atoms with Crippen molar-refractivity contribution in [2.75, 3.05) is 13.1 Å². The molecule has 114 valence electrons. The third kappa shape index (κ3) is 3.07. The molecule has 0 amide bonds. The van der Waals surface area contributed by atoms with Gasteiger partial charge in [0.25, 0.3) is 0 Å². The van der Waals surface area contributed by atoms with Crippen molar-refractivity contribution in [1.29, 1.82) is 0 Å². The second-order valence-corrected chi connectivity index (χ2v) is 6.84. The lowest BCUT2D eigenvalue weighted by Gasteiger charge is -2.49. The van der Waals surface area contributed by atoms with Crippen molar-refractivity contribution < 1.29 is 0 Å². The number of hydrogen-bond acceptors (Lipinski definition) is 2. The molecule has 1 aliphatic heterocycles. The zero-order valence-electron chi connectivity index (χ0n) is 13.2. The largest absolute Gasteiger partial charge is 0.308 e. The minimum Gasteiger partial charge on any atom is -0.308 e. The Morgan fingerprint density at radius 1 is 1.33 bits per heavy atom. The van der Waals surface area contributed by atoms with E-state index in [0.717, 1.165) is 13.0 Å². The Morgan fingerprint density at radius 2 is 2.05 bits per heavy atom. The fraction of sp³-hybridized carbons (Fsp3) is 0.579. The van der Waals surface area contributed by atoms with Gasteiger partial charge >= 0.3 is 0 Å². The number of nitrogens with zero attached hydrogens (tertiary/aromatic N) is 1. The maximum Gasteiger partial charge on any atom is 0.0476 e. The van der Waals surface area contributed by atoms with Crippen LogP contribution in [0.4, 0.5) is 0 Å². The van der Waals surface area contributed by atoms with Crippen molar-refractivity contribution in [2.24, 2.45) is 0 Å². The minimum absolute atomic E-state index is 0.376. The fourth-order valence-electron chi connectivity index (χ4n) is 4.16. The first-order chi connectivity index (χ1) is 10.2. The van der Waals surface area contributed by atoms with E-state index in [2.05, 4.69) is 60.1 Å². The smallest absolute Gasteiger partial charge is 0.0476 e. The van der Waals surface area contributed by atoms with Gasteiger partial charge in [0.05, 0.1) is 0 Å². The molecule has 1 aromatic rings. The number of hydrogen-bond donors (Lipinski definition) is 1. The van der Waals surface area contributed by atoms with Gasteiger partial charge in [-0.05, 0) is 31.7 Å². The van der Waals surface area contributed by atoms with Crippen molar-refractivity contribution in [3.63, 3.8) is 0 Å². The molecule has 0 radical (unpaired) electrons. The Hall–Kier alpha value is -1.12. The Morgan fingerprint density at radius 3 is 2.71 bits per heavy atom. The van der Waals surface area contributed by atoms with E-state index in [0.29, 0.717) is 17.6 Å².